The van der Waals surface area contributed by atoms with Crippen LogP contribution in [0.15, 0.2) is 24.3 Å². The molecule has 1 aromatic rings. The highest BCUT2D eigenvalue weighted by molar-refractivity contribution is 5.94. The van der Waals surface area contributed by atoms with Crippen LogP contribution in [0.5, 0.6) is 5.75 Å². The summed E-state index contributed by atoms with van der Waals surface area (Å²) in [6.45, 7) is 4.55. The van der Waals surface area contributed by atoms with Crippen LogP contribution in [0.3, 0.4) is 0 Å². The summed E-state index contributed by atoms with van der Waals surface area (Å²) in [5.74, 6) is 0.849. The molecule has 128 valence electrons. The van der Waals surface area contributed by atoms with Crippen molar-refractivity contribution in [3.8, 4) is 5.75 Å². The lowest BCUT2D eigenvalue weighted by Gasteiger charge is -2.24. The van der Waals surface area contributed by atoms with Gasteiger partial charge in [0.05, 0.1) is 12.6 Å². The van der Waals surface area contributed by atoms with Crippen molar-refractivity contribution in [1.29, 1.82) is 0 Å². The van der Waals surface area contributed by atoms with Crippen LogP contribution < -0.4 is 15.4 Å². The van der Waals surface area contributed by atoms with Crippen molar-refractivity contribution >= 4 is 11.6 Å². The fourth-order valence-electron chi connectivity index (χ4n) is 3.10. The van der Waals surface area contributed by atoms with E-state index in [9.17, 15) is 4.79 Å². The summed E-state index contributed by atoms with van der Waals surface area (Å²) in [5, 5.41) is 6.47. The number of carbonyl (C=O) groups excluding carboxylic acids is 1. The molecule has 1 aliphatic rings. The summed E-state index contributed by atoms with van der Waals surface area (Å²) in [4.78, 5) is 12.3. The number of hydrogen-bond donors (Lipinski definition) is 2. The normalized spacial score (nSPS) is 17.8. The Kier molecular flexibility index (Phi) is 7.40. The summed E-state index contributed by atoms with van der Waals surface area (Å²) in [6.07, 6.45) is 8.91. The van der Waals surface area contributed by atoms with Gasteiger partial charge in [0.2, 0.25) is 5.91 Å². The Morgan fingerprint density at radius 3 is 2.35 bits per heavy atom. The maximum Gasteiger partial charge on any atom is 0.241 e. The molecule has 1 saturated carbocycles. The number of carbonyl (C=O) groups is 1. The van der Waals surface area contributed by atoms with E-state index in [1.165, 1.54) is 44.9 Å². The quantitative estimate of drug-likeness (QED) is 0.829. The first-order valence-corrected chi connectivity index (χ1v) is 8.99. The molecule has 2 rings (SSSR count). The van der Waals surface area contributed by atoms with E-state index < -0.39 is 0 Å². The van der Waals surface area contributed by atoms with Crippen molar-refractivity contribution in [3.63, 3.8) is 0 Å². The molecular weight excluding hydrogens is 288 g/mol. The molecule has 1 amide bonds. The van der Waals surface area contributed by atoms with Gasteiger partial charge in [-0.2, -0.15) is 0 Å². The molecule has 1 atom stereocenters. The zero-order valence-corrected chi connectivity index (χ0v) is 14.4. The predicted molar refractivity (Wildman–Crippen MR) is 94.9 cm³/mol. The zero-order valence-electron chi connectivity index (χ0n) is 14.4. The lowest BCUT2D eigenvalue weighted by Crippen LogP contribution is -2.44. The van der Waals surface area contributed by atoms with Crippen LogP contribution in [0.4, 0.5) is 5.69 Å². The van der Waals surface area contributed by atoms with E-state index in [1.54, 1.807) is 0 Å². The number of nitrogens with one attached hydrogen (secondary N) is 2. The van der Waals surface area contributed by atoms with E-state index in [1.807, 2.05) is 38.1 Å². The molecule has 23 heavy (non-hydrogen) atoms. The van der Waals surface area contributed by atoms with Crippen LogP contribution in [0.2, 0.25) is 0 Å². The van der Waals surface area contributed by atoms with Gasteiger partial charge in [0.25, 0.3) is 0 Å². The maximum absolute atomic E-state index is 12.3. The molecule has 0 aliphatic heterocycles. The molecule has 2 N–H and O–H groups in total. The minimum absolute atomic E-state index is 0.0243. The van der Waals surface area contributed by atoms with Crippen LogP contribution in [-0.4, -0.2) is 24.6 Å². The van der Waals surface area contributed by atoms with E-state index in [-0.39, 0.29) is 11.9 Å². The number of anilines is 1. The Labute approximate surface area is 140 Å². The van der Waals surface area contributed by atoms with Crippen LogP contribution in [0.25, 0.3) is 0 Å². The van der Waals surface area contributed by atoms with Gasteiger partial charge in [-0.3, -0.25) is 4.79 Å². The average molecular weight is 318 g/mol. The Morgan fingerprint density at radius 2 is 1.74 bits per heavy atom. The minimum Gasteiger partial charge on any atom is -0.494 e. The van der Waals surface area contributed by atoms with Gasteiger partial charge in [-0.15, -0.1) is 0 Å². The first-order chi connectivity index (χ1) is 11.2. The highest BCUT2D eigenvalue weighted by Gasteiger charge is 2.18. The second kappa shape index (κ2) is 9.56. The third-order valence-electron chi connectivity index (χ3n) is 4.42. The third-order valence-corrected chi connectivity index (χ3v) is 4.42. The molecule has 4 nitrogen and oxygen atoms in total. The second-order valence-corrected chi connectivity index (χ2v) is 6.38. The van der Waals surface area contributed by atoms with E-state index >= 15 is 0 Å². The molecule has 0 radical (unpaired) electrons. The van der Waals surface area contributed by atoms with E-state index in [0.717, 1.165) is 11.4 Å². The SMILES string of the molecule is CCOc1ccc(NC(=O)[C@H](C)NC2CCCCCCC2)cc1. The standard InChI is InChI=1S/C19H30N2O2/c1-3-23-18-13-11-17(12-14-18)21-19(22)15(2)20-16-9-7-5-4-6-8-10-16/h11-16,20H,3-10H2,1-2H3,(H,21,22)/t15-/m0/s1. The summed E-state index contributed by atoms with van der Waals surface area (Å²) >= 11 is 0. The van der Waals surface area contributed by atoms with Gasteiger partial charge in [0, 0.05) is 11.7 Å². The van der Waals surface area contributed by atoms with Gasteiger partial charge in [-0.25, -0.2) is 0 Å². The van der Waals surface area contributed by atoms with E-state index in [2.05, 4.69) is 10.6 Å². The molecule has 0 unspecified atom stereocenters. The molecule has 0 aromatic heterocycles. The Balaban J connectivity index is 1.81. The van der Waals surface area contributed by atoms with Crippen LogP contribution in [0.1, 0.15) is 58.8 Å². The van der Waals surface area contributed by atoms with Crippen molar-refractivity contribution in [1.82, 2.24) is 5.32 Å². The zero-order chi connectivity index (χ0) is 16.5. The highest BCUT2D eigenvalue weighted by atomic mass is 16.5. The van der Waals surface area contributed by atoms with Crippen molar-refractivity contribution in [2.24, 2.45) is 0 Å². The van der Waals surface area contributed by atoms with Gasteiger partial charge >= 0.3 is 0 Å². The summed E-state index contributed by atoms with van der Waals surface area (Å²) < 4.78 is 5.41. The number of hydrogen-bond acceptors (Lipinski definition) is 3. The lowest BCUT2D eigenvalue weighted by atomic mass is 9.96. The monoisotopic (exact) mass is 318 g/mol. The average Bonchev–Trinajstić information content (AvgIpc) is 2.52. The molecule has 0 saturated heterocycles. The molecule has 4 heteroatoms. The maximum atomic E-state index is 12.3. The summed E-state index contributed by atoms with van der Waals surface area (Å²) in [7, 11) is 0. The van der Waals surface area contributed by atoms with Crippen molar-refractivity contribution in [2.75, 3.05) is 11.9 Å². The van der Waals surface area contributed by atoms with Gasteiger partial charge in [0.1, 0.15) is 5.75 Å². The van der Waals surface area contributed by atoms with Crippen molar-refractivity contribution < 1.29 is 9.53 Å². The second-order valence-electron chi connectivity index (χ2n) is 6.38. The largest absolute Gasteiger partial charge is 0.494 e. The molecule has 1 aromatic carbocycles. The number of ether oxygens (including phenoxy) is 1. The first kappa shape index (κ1) is 17.8. The Morgan fingerprint density at radius 1 is 1.13 bits per heavy atom. The number of benzene rings is 1. The van der Waals surface area contributed by atoms with Crippen LogP contribution >= 0.6 is 0 Å². The highest BCUT2D eigenvalue weighted by Crippen LogP contribution is 2.18. The van der Waals surface area contributed by atoms with E-state index in [4.69, 9.17) is 4.74 Å². The third kappa shape index (κ3) is 6.22. The predicted octanol–water partition coefficient (Wildman–Crippen LogP) is 4.11. The van der Waals surface area contributed by atoms with Crippen LogP contribution in [0, 0.1) is 0 Å². The summed E-state index contributed by atoms with van der Waals surface area (Å²) in [6, 6.07) is 7.82. The minimum atomic E-state index is -0.175. The molecule has 0 bridgehead atoms. The van der Waals surface area contributed by atoms with Gasteiger partial charge < -0.3 is 15.4 Å². The number of rotatable bonds is 6. The van der Waals surface area contributed by atoms with Gasteiger partial charge in [-0.1, -0.05) is 32.1 Å². The van der Waals surface area contributed by atoms with Crippen molar-refractivity contribution in [3.05, 3.63) is 24.3 Å². The topological polar surface area (TPSA) is 50.4 Å². The molecule has 1 aliphatic carbocycles. The molecule has 0 heterocycles. The lowest BCUT2D eigenvalue weighted by molar-refractivity contribution is -0.118. The molecule has 1 fully saturated rings. The van der Waals surface area contributed by atoms with Crippen LogP contribution in [-0.2, 0) is 4.79 Å². The fourth-order valence-corrected chi connectivity index (χ4v) is 3.10. The van der Waals surface area contributed by atoms with Gasteiger partial charge in [0.15, 0.2) is 0 Å². The smallest absolute Gasteiger partial charge is 0.241 e. The molecular formula is C19H30N2O2. The molecule has 0 spiro atoms. The van der Waals surface area contributed by atoms with Gasteiger partial charge in [-0.05, 0) is 51.0 Å². The first-order valence-electron chi connectivity index (χ1n) is 8.99. The Hall–Kier alpha value is -1.55. The fraction of sp³-hybridized carbons (Fsp3) is 0.632. The van der Waals surface area contributed by atoms with E-state index in [0.29, 0.717) is 12.6 Å². The summed E-state index contributed by atoms with van der Waals surface area (Å²) in [5.41, 5.74) is 0.810. The number of amides is 1. The van der Waals surface area contributed by atoms with Crippen molar-refractivity contribution in [2.45, 2.75) is 70.9 Å². The Bertz CT molecular complexity index is 465.